The highest BCUT2D eigenvalue weighted by Crippen LogP contribution is 2.56. The van der Waals surface area contributed by atoms with Crippen LogP contribution < -0.4 is 5.73 Å². The normalized spacial score (nSPS) is 17.4. The van der Waals surface area contributed by atoms with E-state index in [9.17, 15) is 0 Å². The monoisotopic (exact) mass is 403 g/mol. The molecule has 0 radical (unpaired) electrons. The van der Waals surface area contributed by atoms with Gasteiger partial charge in [-0.2, -0.15) is 0 Å². The summed E-state index contributed by atoms with van der Waals surface area (Å²) in [5, 5.41) is 0. The summed E-state index contributed by atoms with van der Waals surface area (Å²) in [5.41, 5.74) is 17.9. The fourth-order valence-electron chi connectivity index (χ4n) is 4.95. The highest BCUT2D eigenvalue weighted by molar-refractivity contribution is 9.10. The number of nitrogens with two attached hydrogens (primary N) is 1. The number of hydrogen-bond donors (Lipinski definition) is 1. The van der Waals surface area contributed by atoms with E-state index in [1.807, 2.05) is 6.07 Å². The molecule has 3 aromatic carbocycles. The summed E-state index contributed by atoms with van der Waals surface area (Å²) in [5.74, 6) is 0. The van der Waals surface area contributed by atoms with Crippen LogP contribution in [0.25, 0.3) is 22.3 Å². The minimum Gasteiger partial charge on any atom is -0.399 e. The molecule has 2 aliphatic rings. The molecule has 2 aliphatic carbocycles. The fourth-order valence-corrected chi connectivity index (χ4v) is 5.31. The zero-order valence-corrected chi connectivity index (χ0v) is 17.2. The van der Waals surface area contributed by atoms with Crippen molar-refractivity contribution in [3.05, 3.63) is 75.3 Å². The first-order valence-electron chi connectivity index (χ1n) is 9.11. The van der Waals surface area contributed by atoms with Crippen LogP contribution in [0, 0.1) is 0 Å². The van der Waals surface area contributed by atoms with Crippen LogP contribution in [0.1, 0.15) is 49.9 Å². The van der Waals surface area contributed by atoms with Gasteiger partial charge in [-0.05, 0) is 80.9 Å². The van der Waals surface area contributed by atoms with E-state index >= 15 is 0 Å². The van der Waals surface area contributed by atoms with E-state index in [1.165, 1.54) is 44.5 Å². The molecule has 0 bridgehead atoms. The number of benzene rings is 3. The molecule has 130 valence electrons. The van der Waals surface area contributed by atoms with Crippen LogP contribution in [-0.4, -0.2) is 0 Å². The fraction of sp³-hybridized carbons (Fsp3) is 0.250. The van der Waals surface area contributed by atoms with Crippen LogP contribution in [0.3, 0.4) is 0 Å². The number of rotatable bonds is 0. The predicted octanol–water partition coefficient (Wildman–Crippen LogP) is 6.64. The van der Waals surface area contributed by atoms with Crippen molar-refractivity contribution < 1.29 is 0 Å². The van der Waals surface area contributed by atoms with Gasteiger partial charge >= 0.3 is 0 Å². The maximum atomic E-state index is 6.10. The van der Waals surface area contributed by atoms with Crippen molar-refractivity contribution in [3.63, 3.8) is 0 Å². The van der Waals surface area contributed by atoms with Crippen molar-refractivity contribution in [3.8, 4) is 22.3 Å². The number of halogens is 1. The van der Waals surface area contributed by atoms with E-state index in [0.29, 0.717) is 0 Å². The first kappa shape index (κ1) is 16.1. The summed E-state index contributed by atoms with van der Waals surface area (Å²) in [6.45, 7) is 9.29. The smallest absolute Gasteiger partial charge is 0.0317 e. The van der Waals surface area contributed by atoms with Crippen LogP contribution in [0.4, 0.5) is 5.69 Å². The van der Waals surface area contributed by atoms with Gasteiger partial charge in [-0.1, -0.05) is 55.8 Å². The third-order valence-electron chi connectivity index (χ3n) is 6.46. The van der Waals surface area contributed by atoms with E-state index < -0.39 is 0 Å². The zero-order chi connectivity index (χ0) is 18.4. The molecule has 0 amide bonds. The van der Waals surface area contributed by atoms with Crippen LogP contribution in [0.5, 0.6) is 0 Å². The molecule has 0 saturated heterocycles. The molecule has 0 spiro atoms. The molecule has 3 aromatic rings. The Labute approximate surface area is 163 Å². The highest BCUT2D eigenvalue weighted by atomic mass is 79.9. The van der Waals surface area contributed by atoms with Crippen molar-refractivity contribution >= 4 is 21.6 Å². The lowest BCUT2D eigenvalue weighted by Gasteiger charge is -2.24. The molecule has 0 aliphatic heterocycles. The molecular formula is C24H22BrN. The summed E-state index contributed by atoms with van der Waals surface area (Å²) in [7, 11) is 0. The van der Waals surface area contributed by atoms with E-state index in [2.05, 4.69) is 86.1 Å². The summed E-state index contributed by atoms with van der Waals surface area (Å²) in [6, 6.07) is 17.9. The lowest BCUT2D eigenvalue weighted by atomic mass is 9.79. The molecule has 0 atom stereocenters. The highest BCUT2D eigenvalue weighted by Gasteiger charge is 2.41. The second-order valence-electron chi connectivity index (χ2n) is 8.69. The number of anilines is 1. The molecule has 0 aromatic heterocycles. The summed E-state index contributed by atoms with van der Waals surface area (Å²) < 4.78 is 1.14. The van der Waals surface area contributed by atoms with Gasteiger partial charge in [-0.25, -0.2) is 0 Å². The van der Waals surface area contributed by atoms with Crippen LogP contribution >= 0.6 is 15.9 Å². The Morgan fingerprint density at radius 1 is 0.615 bits per heavy atom. The lowest BCUT2D eigenvalue weighted by molar-refractivity contribution is 0.652. The van der Waals surface area contributed by atoms with Crippen molar-refractivity contribution in [2.24, 2.45) is 0 Å². The predicted molar refractivity (Wildman–Crippen MR) is 114 cm³/mol. The van der Waals surface area contributed by atoms with Gasteiger partial charge in [0, 0.05) is 21.0 Å². The Balaban J connectivity index is 1.84. The Kier molecular flexibility index (Phi) is 2.98. The summed E-state index contributed by atoms with van der Waals surface area (Å²) in [4.78, 5) is 0. The molecule has 2 heteroatoms. The van der Waals surface area contributed by atoms with Gasteiger partial charge in [0.25, 0.3) is 0 Å². The van der Waals surface area contributed by atoms with Crippen molar-refractivity contribution in [1.29, 1.82) is 0 Å². The molecule has 0 saturated carbocycles. The molecule has 26 heavy (non-hydrogen) atoms. The molecule has 5 rings (SSSR count). The Morgan fingerprint density at radius 2 is 1.08 bits per heavy atom. The zero-order valence-electron chi connectivity index (χ0n) is 15.6. The van der Waals surface area contributed by atoms with Gasteiger partial charge in [0.15, 0.2) is 0 Å². The van der Waals surface area contributed by atoms with Gasteiger partial charge in [0.05, 0.1) is 0 Å². The van der Waals surface area contributed by atoms with Gasteiger partial charge < -0.3 is 5.73 Å². The molecule has 0 heterocycles. The largest absolute Gasteiger partial charge is 0.399 e. The molecule has 0 unspecified atom stereocenters. The maximum absolute atomic E-state index is 6.10. The average Bonchev–Trinajstić information content (AvgIpc) is 2.93. The van der Waals surface area contributed by atoms with E-state index in [0.717, 1.165) is 10.2 Å². The average molecular weight is 404 g/mol. The number of hydrogen-bond acceptors (Lipinski definition) is 1. The van der Waals surface area contributed by atoms with Crippen LogP contribution in [0.2, 0.25) is 0 Å². The van der Waals surface area contributed by atoms with Crippen molar-refractivity contribution in [2.75, 3.05) is 5.73 Å². The second-order valence-corrected chi connectivity index (χ2v) is 9.60. The first-order valence-corrected chi connectivity index (χ1v) is 9.90. The third-order valence-corrected chi connectivity index (χ3v) is 6.95. The number of nitrogen functional groups attached to an aromatic ring is 1. The topological polar surface area (TPSA) is 26.0 Å². The van der Waals surface area contributed by atoms with Gasteiger partial charge in [0.2, 0.25) is 0 Å². The maximum Gasteiger partial charge on any atom is 0.0317 e. The van der Waals surface area contributed by atoms with Crippen molar-refractivity contribution in [2.45, 2.75) is 38.5 Å². The van der Waals surface area contributed by atoms with E-state index in [1.54, 1.807) is 0 Å². The Morgan fingerprint density at radius 3 is 1.65 bits per heavy atom. The van der Waals surface area contributed by atoms with Gasteiger partial charge in [0.1, 0.15) is 0 Å². The van der Waals surface area contributed by atoms with E-state index in [4.69, 9.17) is 5.73 Å². The number of fused-ring (bicyclic) bond motifs is 6. The third kappa shape index (κ3) is 1.86. The summed E-state index contributed by atoms with van der Waals surface area (Å²) >= 11 is 3.65. The standard InChI is InChI=1S/C24H22BrN/c1-23(2)19-9-13(25)5-7-15(19)17-11-22-18(12-21(17)23)16-8-6-14(26)10-20(16)24(22,3)4/h5-12H,26H2,1-4H3. The SMILES string of the molecule is CC1(C)c2cc(N)ccc2-c2cc3c(cc21)-c1ccc(Br)cc1C3(C)C. The molecule has 2 N–H and O–H groups in total. The Bertz CT molecular complexity index is 1020. The summed E-state index contributed by atoms with van der Waals surface area (Å²) in [6.07, 6.45) is 0. The van der Waals surface area contributed by atoms with E-state index in [-0.39, 0.29) is 10.8 Å². The lowest BCUT2D eigenvalue weighted by Crippen LogP contribution is -2.17. The van der Waals surface area contributed by atoms with Crippen LogP contribution in [0.15, 0.2) is 53.0 Å². The van der Waals surface area contributed by atoms with Crippen LogP contribution in [-0.2, 0) is 10.8 Å². The minimum atomic E-state index is -0.0304. The molecule has 0 fully saturated rings. The minimum absolute atomic E-state index is 0.00415. The molecular weight excluding hydrogens is 382 g/mol. The first-order chi connectivity index (χ1) is 12.2. The Hall–Kier alpha value is -2.06. The second kappa shape index (κ2) is 4.80. The van der Waals surface area contributed by atoms with Gasteiger partial charge in [-0.15, -0.1) is 0 Å². The quantitative estimate of drug-likeness (QED) is 0.418. The van der Waals surface area contributed by atoms with Gasteiger partial charge in [-0.3, -0.25) is 0 Å². The molecule has 1 nitrogen and oxygen atoms in total. The van der Waals surface area contributed by atoms with Crippen molar-refractivity contribution in [1.82, 2.24) is 0 Å².